The van der Waals surface area contributed by atoms with Crippen LogP contribution in [0.15, 0.2) is 64.6 Å². The van der Waals surface area contributed by atoms with Gasteiger partial charge in [-0.3, -0.25) is 0 Å². The van der Waals surface area contributed by atoms with Crippen LogP contribution in [0.4, 0.5) is 13.2 Å². The number of benzene rings is 2. The van der Waals surface area contributed by atoms with Gasteiger partial charge in [-0.1, -0.05) is 41.9 Å². The zero-order valence-electron chi connectivity index (χ0n) is 14.5. The molecule has 0 radical (unpaired) electrons. The molecule has 0 amide bonds. The third kappa shape index (κ3) is 3.73. The molecule has 0 saturated carbocycles. The van der Waals surface area contributed by atoms with Gasteiger partial charge in [-0.15, -0.1) is 0 Å². The minimum Gasteiger partial charge on any atom is -0.461 e. The molecular formula is C19H14ClF3N2O3. The van der Waals surface area contributed by atoms with Gasteiger partial charge in [0.05, 0.1) is 6.61 Å². The molecule has 1 heterocycles. The van der Waals surface area contributed by atoms with Gasteiger partial charge in [0, 0.05) is 16.1 Å². The second-order valence-electron chi connectivity index (χ2n) is 5.69. The maximum Gasteiger partial charge on any atom is 0.463 e. The third-order valence-electron chi connectivity index (χ3n) is 3.76. The SMILES string of the molecule is CCOC(=O)C1(C(F)(F)F)N=C(c2cccc(Cl)c2)N=C(c2ccccc2)O1. The van der Waals surface area contributed by atoms with E-state index >= 15 is 0 Å². The highest BCUT2D eigenvalue weighted by atomic mass is 35.5. The van der Waals surface area contributed by atoms with Gasteiger partial charge in [0.2, 0.25) is 5.90 Å². The fraction of sp³-hybridized carbons (Fsp3) is 0.211. The molecule has 0 bridgehead atoms. The molecule has 2 aromatic rings. The largest absolute Gasteiger partial charge is 0.463 e. The van der Waals surface area contributed by atoms with Gasteiger partial charge in [-0.05, 0) is 31.2 Å². The first-order valence-corrected chi connectivity index (χ1v) is 8.57. The van der Waals surface area contributed by atoms with E-state index in [1.165, 1.54) is 37.3 Å². The Morgan fingerprint density at radius 2 is 1.82 bits per heavy atom. The molecule has 3 rings (SSSR count). The zero-order valence-corrected chi connectivity index (χ0v) is 15.3. The number of nitrogens with zero attached hydrogens (tertiary/aromatic N) is 2. The highest BCUT2D eigenvalue weighted by Crippen LogP contribution is 2.39. The lowest BCUT2D eigenvalue weighted by Gasteiger charge is -2.33. The van der Waals surface area contributed by atoms with Crippen molar-refractivity contribution in [3.8, 4) is 0 Å². The van der Waals surface area contributed by atoms with E-state index in [9.17, 15) is 18.0 Å². The molecular weight excluding hydrogens is 397 g/mol. The number of halogens is 4. The first-order valence-electron chi connectivity index (χ1n) is 8.19. The van der Waals surface area contributed by atoms with Crippen LogP contribution in [0.3, 0.4) is 0 Å². The average Bonchev–Trinajstić information content (AvgIpc) is 2.67. The Kier molecular flexibility index (Phi) is 5.42. The van der Waals surface area contributed by atoms with Crippen molar-refractivity contribution in [1.29, 1.82) is 0 Å². The standard InChI is InChI=1S/C19H14ClF3N2O3/c1-2-27-17(26)18(19(21,22)23)25-15(13-9-6-10-14(20)11-13)24-16(28-18)12-7-4-3-5-8-12/h3-11H,2H2,1H3. The van der Waals surface area contributed by atoms with Crippen LogP contribution in [0.1, 0.15) is 18.1 Å². The van der Waals surface area contributed by atoms with Crippen LogP contribution in [0.2, 0.25) is 5.02 Å². The monoisotopic (exact) mass is 410 g/mol. The van der Waals surface area contributed by atoms with Gasteiger partial charge in [0.1, 0.15) is 0 Å². The Hall–Kier alpha value is -2.87. The number of amidine groups is 1. The van der Waals surface area contributed by atoms with Gasteiger partial charge in [-0.2, -0.15) is 18.2 Å². The van der Waals surface area contributed by atoms with Crippen molar-refractivity contribution in [3.63, 3.8) is 0 Å². The van der Waals surface area contributed by atoms with Crippen molar-refractivity contribution >= 4 is 29.3 Å². The Balaban J connectivity index is 2.23. The molecule has 28 heavy (non-hydrogen) atoms. The Morgan fingerprint density at radius 1 is 1.14 bits per heavy atom. The normalized spacial score (nSPS) is 19.3. The van der Waals surface area contributed by atoms with Gasteiger partial charge < -0.3 is 9.47 Å². The lowest BCUT2D eigenvalue weighted by Crippen LogP contribution is -2.56. The van der Waals surface area contributed by atoms with E-state index < -0.39 is 23.8 Å². The number of rotatable bonds is 4. The van der Waals surface area contributed by atoms with Crippen LogP contribution in [0.25, 0.3) is 0 Å². The van der Waals surface area contributed by atoms with Crippen LogP contribution >= 0.6 is 11.6 Å². The fourth-order valence-corrected chi connectivity index (χ4v) is 2.66. The van der Waals surface area contributed by atoms with E-state index in [-0.39, 0.29) is 28.6 Å². The van der Waals surface area contributed by atoms with Crippen molar-refractivity contribution in [3.05, 3.63) is 70.7 Å². The van der Waals surface area contributed by atoms with E-state index in [0.29, 0.717) is 0 Å². The first-order chi connectivity index (χ1) is 13.3. The lowest BCUT2D eigenvalue weighted by molar-refractivity contribution is -0.255. The number of hydrogen-bond acceptors (Lipinski definition) is 5. The van der Waals surface area contributed by atoms with Gasteiger partial charge in [-0.25, -0.2) is 9.79 Å². The number of ether oxygens (including phenoxy) is 2. The summed E-state index contributed by atoms with van der Waals surface area (Å²) in [5.74, 6) is -2.43. The van der Waals surface area contributed by atoms with Gasteiger partial charge >= 0.3 is 17.9 Å². The first kappa shape index (κ1) is 19.9. The molecule has 0 saturated heterocycles. The summed E-state index contributed by atoms with van der Waals surface area (Å²) >= 11 is 5.94. The summed E-state index contributed by atoms with van der Waals surface area (Å²) in [6.07, 6.45) is -5.20. The highest BCUT2D eigenvalue weighted by Gasteiger charge is 2.67. The predicted octanol–water partition coefficient (Wildman–Crippen LogP) is 4.39. The quantitative estimate of drug-likeness (QED) is 0.702. The number of esters is 1. The third-order valence-corrected chi connectivity index (χ3v) is 3.99. The molecule has 1 aliphatic heterocycles. The maximum atomic E-state index is 14.0. The second-order valence-corrected chi connectivity index (χ2v) is 6.13. The van der Waals surface area contributed by atoms with Crippen molar-refractivity contribution in [2.45, 2.75) is 18.8 Å². The van der Waals surface area contributed by atoms with E-state index in [0.717, 1.165) is 0 Å². The number of alkyl halides is 3. The van der Waals surface area contributed by atoms with Crippen LogP contribution in [0, 0.1) is 0 Å². The van der Waals surface area contributed by atoms with Crippen LogP contribution < -0.4 is 0 Å². The molecule has 9 heteroatoms. The molecule has 5 nitrogen and oxygen atoms in total. The van der Waals surface area contributed by atoms with Crippen LogP contribution in [-0.4, -0.2) is 36.2 Å². The Labute approximate surface area is 163 Å². The number of carbonyl (C=O) groups is 1. The van der Waals surface area contributed by atoms with Crippen LogP contribution in [-0.2, 0) is 14.3 Å². The van der Waals surface area contributed by atoms with Crippen molar-refractivity contribution in [2.75, 3.05) is 6.61 Å². The summed E-state index contributed by atoms with van der Waals surface area (Å²) in [4.78, 5) is 20.0. The molecule has 0 N–H and O–H groups in total. The van der Waals surface area contributed by atoms with E-state index in [4.69, 9.17) is 16.3 Å². The molecule has 1 atom stereocenters. The highest BCUT2D eigenvalue weighted by molar-refractivity contribution is 6.31. The summed E-state index contributed by atoms with van der Waals surface area (Å²) in [7, 11) is 0. The van der Waals surface area contributed by atoms with E-state index in [1.807, 2.05) is 0 Å². The summed E-state index contributed by atoms with van der Waals surface area (Å²) in [6.45, 7) is 1.11. The Bertz CT molecular complexity index is 945. The molecule has 1 unspecified atom stereocenters. The average molecular weight is 411 g/mol. The maximum absolute atomic E-state index is 14.0. The minimum atomic E-state index is -5.20. The van der Waals surface area contributed by atoms with E-state index in [1.54, 1.807) is 24.3 Å². The summed E-state index contributed by atoms with van der Waals surface area (Å²) in [5.41, 5.74) is -3.13. The Morgan fingerprint density at radius 3 is 2.43 bits per heavy atom. The van der Waals surface area contributed by atoms with Crippen molar-refractivity contribution in [1.82, 2.24) is 0 Å². The molecule has 146 valence electrons. The van der Waals surface area contributed by atoms with Gasteiger partial charge in [0.25, 0.3) is 0 Å². The summed E-state index contributed by atoms with van der Waals surface area (Å²) in [6, 6.07) is 13.9. The molecule has 1 aliphatic rings. The minimum absolute atomic E-state index is 0.196. The van der Waals surface area contributed by atoms with Crippen LogP contribution in [0.5, 0.6) is 0 Å². The predicted molar refractivity (Wildman–Crippen MR) is 97.5 cm³/mol. The smallest absolute Gasteiger partial charge is 0.461 e. The topological polar surface area (TPSA) is 60.2 Å². The number of carbonyl (C=O) groups excluding carboxylic acids is 1. The number of aliphatic imine (C=N–C) groups is 2. The van der Waals surface area contributed by atoms with Crippen molar-refractivity contribution in [2.24, 2.45) is 9.98 Å². The van der Waals surface area contributed by atoms with Crippen molar-refractivity contribution < 1.29 is 27.4 Å². The molecule has 0 fully saturated rings. The molecule has 0 spiro atoms. The van der Waals surface area contributed by atoms with E-state index in [2.05, 4.69) is 14.7 Å². The summed E-state index contributed by atoms with van der Waals surface area (Å²) in [5, 5.41) is 0.275. The molecule has 0 aromatic heterocycles. The molecule has 2 aromatic carbocycles. The number of hydrogen-bond donors (Lipinski definition) is 0. The second kappa shape index (κ2) is 7.63. The molecule has 0 aliphatic carbocycles. The zero-order chi connectivity index (χ0) is 20.4. The van der Waals surface area contributed by atoms with Gasteiger partial charge in [0.15, 0.2) is 5.84 Å². The summed E-state index contributed by atoms with van der Waals surface area (Å²) < 4.78 is 51.7. The fourth-order valence-electron chi connectivity index (χ4n) is 2.47. The lowest BCUT2D eigenvalue weighted by atomic mass is 10.1.